The van der Waals surface area contributed by atoms with Crippen molar-refractivity contribution >= 4 is 5.97 Å². The molecule has 2 rings (SSSR count). The van der Waals surface area contributed by atoms with Gasteiger partial charge in [0.1, 0.15) is 0 Å². The number of carbonyl (C=O) groups is 1. The number of hydrogen-bond acceptors (Lipinski definition) is 6. The minimum absolute atomic E-state index is 0.213. The molecule has 7 heteroatoms. The summed E-state index contributed by atoms with van der Waals surface area (Å²) in [5.41, 5.74) is 0.213. The molecule has 2 aromatic rings. The largest absolute Gasteiger partial charge is 0.480 e. The Morgan fingerprint density at radius 1 is 1.24 bits per heavy atom. The van der Waals surface area contributed by atoms with Crippen LogP contribution in [-0.2, 0) is 4.74 Å². The Bertz CT molecular complexity index is 521. The molecule has 0 atom stereocenters. The predicted molar refractivity (Wildman–Crippen MR) is 57.0 cm³/mol. The Hall–Kier alpha value is -2.44. The lowest BCUT2D eigenvalue weighted by molar-refractivity contribution is 0.0593. The lowest BCUT2D eigenvalue weighted by atomic mass is 10.4. The van der Waals surface area contributed by atoms with Crippen LogP contribution in [0.15, 0.2) is 24.4 Å². The third-order valence-corrected chi connectivity index (χ3v) is 2.05. The van der Waals surface area contributed by atoms with E-state index < -0.39 is 5.97 Å². The van der Waals surface area contributed by atoms with Gasteiger partial charge in [-0.05, 0) is 12.1 Å². The number of ether oxygens (including phenoxy) is 2. The number of methoxy groups -OCH3 is 2. The molecule has 0 spiro atoms. The second kappa shape index (κ2) is 4.60. The van der Waals surface area contributed by atoms with Crippen LogP contribution in [0, 0.1) is 0 Å². The van der Waals surface area contributed by atoms with Gasteiger partial charge in [0, 0.05) is 12.3 Å². The first kappa shape index (κ1) is 11.1. The van der Waals surface area contributed by atoms with Crippen LogP contribution >= 0.6 is 0 Å². The van der Waals surface area contributed by atoms with E-state index >= 15 is 0 Å². The summed E-state index contributed by atoms with van der Waals surface area (Å²) in [5.74, 6) is 0.403. The Kier molecular flexibility index (Phi) is 2.99. The van der Waals surface area contributed by atoms with E-state index in [0.717, 1.165) is 0 Å². The summed E-state index contributed by atoms with van der Waals surface area (Å²) in [4.78, 5) is 11.2. The monoisotopic (exact) mass is 234 g/mol. The summed E-state index contributed by atoms with van der Waals surface area (Å²) in [6.45, 7) is 0. The third-order valence-electron chi connectivity index (χ3n) is 2.05. The van der Waals surface area contributed by atoms with Gasteiger partial charge in [-0.1, -0.05) is 0 Å². The number of carbonyl (C=O) groups excluding carboxylic acids is 1. The molecule has 17 heavy (non-hydrogen) atoms. The molecule has 0 aliphatic rings. The Morgan fingerprint density at radius 2 is 2.06 bits per heavy atom. The summed E-state index contributed by atoms with van der Waals surface area (Å²) in [5, 5.41) is 11.7. The molecule has 7 nitrogen and oxygen atoms in total. The predicted octanol–water partition coefficient (Wildman–Crippen LogP) is 0.457. The van der Waals surface area contributed by atoms with E-state index in [1.165, 1.54) is 25.0 Å². The van der Waals surface area contributed by atoms with Gasteiger partial charge in [0.15, 0.2) is 11.5 Å². The highest BCUT2D eigenvalue weighted by molar-refractivity contribution is 5.86. The van der Waals surface area contributed by atoms with Gasteiger partial charge in [0.2, 0.25) is 5.88 Å². The van der Waals surface area contributed by atoms with Crippen molar-refractivity contribution in [2.75, 3.05) is 14.2 Å². The van der Waals surface area contributed by atoms with Gasteiger partial charge >= 0.3 is 5.97 Å². The molecule has 88 valence electrons. The van der Waals surface area contributed by atoms with Crippen LogP contribution in [0.1, 0.15) is 10.5 Å². The van der Waals surface area contributed by atoms with Gasteiger partial charge in [-0.2, -0.15) is 5.10 Å². The molecule has 0 aliphatic carbocycles. The lowest BCUT2D eigenvalue weighted by Crippen LogP contribution is -2.05. The first-order chi connectivity index (χ1) is 8.24. The van der Waals surface area contributed by atoms with Crippen molar-refractivity contribution in [3.63, 3.8) is 0 Å². The van der Waals surface area contributed by atoms with Crippen LogP contribution in [-0.4, -0.2) is 40.2 Å². The van der Waals surface area contributed by atoms with Crippen molar-refractivity contribution in [3.05, 3.63) is 30.1 Å². The van der Waals surface area contributed by atoms with Crippen molar-refractivity contribution in [3.8, 4) is 11.7 Å². The summed E-state index contributed by atoms with van der Waals surface area (Å²) in [6.07, 6.45) is 1.60. The van der Waals surface area contributed by atoms with Crippen LogP contribution in [0.25, 0.3) is 5.82 Å². The van der Waals surface area contributed by atoms with Crippen LogP contribution in [0.3, 0.4) is 0 Å². The van der Waals surface area contributed by atoms with E-state index in [1.807, 2.05) is 0 Å². The highest BCUT2D eigenvalue weighted by Crippen LogP contribution is 2.08. The number of nitrogens with zero attached hydrogens (tertiary/aromatic N) is 4. The fourth-order valence-corrected chi connectivity index (χ4v) is 1.21. The molecule has 0 N–H and O–H groups in total. The normalized spacial score (nSPS) is 10.0. The first-order valence-electron chi connectivity index (χ1n) is 4.76. The third kappa shape index (κ3) is 2.22. The minimum Gasteiger partial charge on any atom is -0.480 e. The zero-order chi connectivity index (χ0) is 12.3. The van der Waals surface area contributed by atoms with E-state index in [2.05, 4.69) is 20.0 Å². The molecule has 0 bridgehead atoms. The van der Waals surface area contributed by atoms with Crippen molar-refractivity contribution in [2.45, 2.75) is 0 Å². The van der Waals surface area contributed by atoms with Gasteiger partial charge in [0.25, 0.3) is 0 Å². The van der Waals surface area contributed by atoms with Gasteiger partial charge in [-0.15, -0.1) is 10.2 Å². The zero-order valence-corrected chi connectivity index (χ0v) is 9.32. The number of aromatic nitrogens is 4. The van der Waals surface area contributed by atoms with E-state index in [-0.39, 0.29) is 5.69 Å². The highest BCUT2D eigenvalue weighted by Gasteiger charge is 2.10. The molecule has 0 aromatic carbocycles. The number of rotatable bonds is 3. The first-order valence-corrected chi connectivity index (χ1v) is 4.76. The van der Waals surface area contributed by atoms with Crippen LogP contribution in [0.4, 0.5) is 0 Å². The second-order valence-corrected chi connectivity index (χ2v) is 3.07. The smallest absolute Gasteiger partial charge is 0.358 e. The fourth-order valence-electron chi connectivity index (χ4n) is 1.21. The summed E-state index contributed by atoms with van der Waals surface area (Å²) < 4.78 is 10.9. The maximum absolute atomic E-state index is 11.2. The molecule has 0 fully saturated rings. The second-order valence-electron chi connectivity index (χ2n) is 3.07. The minimum atomic E-state index is -0.495. The summed E-state index contributed by atoms with van der Waals surface area (Å²) in [6, 6.07) is 4.87. The maximum atomic E-state index is 11.2. The molecular weight excluding hydrogens is 224 g/mol. The molecule has 0 amide bonds. The highest BCUT2D eigenvalue weighted by atomic mass is 16.5. The molecule has 0 saturated heterocycles. The van der Waals surface area contributed by atoms with Gasteiger partial charge in [0.05, 0.1) is 14.2 Å². The lowest BCUT2D eigenvalue weighted by Gasteiger charge is -2.00. The standard InChI is InChI=1S/C10H10N4O3/c1-16-9-4-3-8(11-12-9)14-6-5-7(13-14)10(15)17-2/h3-6H,1-2H3. The van der Waals surface area contributed by atoms with Crippen LogP contribution < -0.4 is 4.74 Å². The van der Waals surface area contributed by atoms with Crippen LogP contribution in [0.2, 0.25) is 0 Å². The molecule has 2 aromatic heterocycles. The Morgan fingerprint density at radius 3 is 2.65 bits per heavy atom. The molecule has 0 unspecified atom stereocenters. The quantitative estimate of drug-likeness (QED) is 0.718. The van der Waals surface area contributed by atoms with Crippen LogP contribution in [0.5, 0.6) is 5.88 Å². The maximum Gasteiger partial charge on any atom is 0.358 e. The number of hydrogen-bond donors (Lipinski definition) is 0. The van der Waals surface area contributed by atoms with Crippen molar-refractivity contribution < 1.29 is 14.3 Å². The van der Waals surface area contributed by atoms with E-state index in [0.29, 0.717) is 11.7 Å². The molecular formula is C10H10N4O3. The van der Waals surface area contributed by atoms with Crippen molar-refractivity contribution in [1.29, 1.82) is 0 Å². The summed E-state index contributed by atoms with van der Waals surface area (Å²) >= 11 is 0. The SMILES string of the molecule is COC(=O)c1ccn(-c2ccc(OC)nn2)n1. The topological polar surface area (TPSA) is 79.1 Å². The van der Waals surface area contributed by atoms with E-state index in [1.54, 1.807) is 18.3 Å². The summed E-state index contributed by atoms with van der Waals surface area (Å²) in [7, 11) is 2.81. The molecule has 0 radical (unpaired) electrons. The molecule has 0 aliphatic heterocycles. The average Bonchev–Trinajstić information content (AvgIpc) is 2.87. The molecule has 2 heterocycles. The Labute approximate surface area is 97.0 Å². The van der Waals surface area contributed by atoms with Gasteiger partial charge in [-0.25, -0.2) is 9.48 Å². The van der Waals surface area contributed by atoms with Gasteiger partial charge < -0.3 is 9.47 Å². The zero-order valence-electron chi connectivity index (χ0n) is 9.32. The number of esters is 1. The average molecular weight is 234 g/mol. The Balaban J connectivity index is 2.27. The van der Waals surface area contributed by atoms with E-state index in [4.69, 9.17) is 4.74 Å². The van der Waals surface area contributed by atoms with E-state index in [9.17, 15) is 4.79 Å². The van der Waals surface area contributed by atoms with Crippen molar-refractivity contribution in [1.82, 2.24) is 20.0 Å². The van der Waals surface area contributed by atoms with Crippen molar-refractivity contribution in [2.24, 2.45) is 0 Å². The fraction of sp³-hybridized carbons (Fsp3) is 0.200. The molecule has 0 saturated carbocycles. The van der Waals surface area contributed by atoms with Gasteiger partial charge in [-0.3, -0.25) is 0 Å².